The van der Waals surface area contributed by atoms with Gasteiger partial charge in [0.2, 0.25) is 0 Å². The van der Waals surface area contributed by atoms with E-state index in [0.29, 0.717) is 13.2 Å². The van der Waals surface area contributed by atoms with Crippen molar-refractivity contribution in [3.05, 3.63) is 69.5 Å². The molecule has 0 radical (unpaired) electrons. The Hall–Kier alpha value is -2.05. The molecule has 3 aliphatic rings. The first-order chi connectivity index (χ1) is 16.6. The predicted molar refractivity (Wildman–Crippen MR) is 139 cm³/mol. The van der Waals surface area contributed by atoms with Crippen LogP contribution >= 0.6 is 0 Å². The van der Waals surface area contributed by atoms with E-state index in [2.05, 4.69) is 65.0 Å². The maximum atomic E-state index is 11.9. The van der Waals surface area contributed by atoms with Gasteiger partial charge in [-0.25, -0.2) is 0 Å². The Morgan fingerprint density at radius 2 is 1.80 bits per heavy atom. The molecule has 2 aliphatic heterocycles. The molecule has 1 aromatic carbocycles. The maximum Gasteiger partial charge on any atom is 0.182 e. The lowest BCUT2D eigenvalue weighted by atomic mass is 9.71. The number of pyridine rings is 1. The fourth-order valence-corrected chi connectivity index (χ4v) is 6.00. The number of aliphatic hydroxyl groups excluding tert-OH is 1. The molecule has 0 amide bonds. The number of aromatic nitrogens is 1. The third-order valence-corrected chi connectivity index (χ3v) is 8.00. The summed E-state index contributed by atoms with van der Waals surface area (Å²) in [6, 6.07) is 8.36. The molecule has 2 aromatic rings. The molecule has 5 nitrogen and oxygen atoms in total. The van der Waals surface area contributed by atoms with E-state index in [1.165, 1.54) is 11.1 Å². The number of hydrogen-bond donors (Lipinski definition) is 1. The number of benzene rings is 1. The van der Waals surface area contributed by atoms with Crippen molar-refractivity contribution in [2.24, 2.45) is 5.41 Å². The number of hydrogen-bond acceptors (Lipinski definition) is 4. The van der Waals surface area contributed by atoms with E-state index in [4.69, 9.17) is 19.6 Å². The van der Waals surface area contributed by atoms with E-state index in [-0.39, 0.29) is 22.9 Å². The molecular formula is C30H40NO4+. The largest absolute Gasteiger partial charge is 0.440 e. The van der Waals surface area contributed by atoms with Crippen LogP contribution in [0.25, 0.3) is 5.57 Å². The van der Waals surface area contributed by atoms with Crippen LogP contribution in [0.15, 0.2) is 30.3 Å². The third-order valence-electron chi connectivity index (χ3n) is 8.00. The van der Waals surface area contributed by atoms with Gasteiger partial charge >= 0.3 is 0 Å². The van der Waals surface area contributed by atoms with Crippen molar-refractivity contribution >= 4 is 5.57 Å². The van der Waals surface area contributed by atoms with Crippen LogP contribution in [0, 0.1) is 5.41 Å². The van der Waals surface area contributed by atoms with Crippen LogP contribution in [-0.2, 0) is 21.3 Å². The average molecular weight is 479 g/mol. The Morgan fingerprint density at radius 3 is 2.37 bits per heavy atom. The number of ether oxygens (including phenoxy) is 2. The fourth-order valence-electron chi connectivity index (χ4n) is 6.00. The van der Waals surface area contributed by atoms with Crippen LogP contribution in [0.2, 0.25) is 0 Å². The first-order valence-electron chi connectivity index (χ1n) is 13.0. The molecule has 3 N–H and O–H groups in total. The normalized spacial score (nSPS) is 23.9. The average Bonchev–Trinajstić information content (AvgIpc) is 2.80. The monoisotopic (exact) mass is 478 g/mol. The van der Waals surface area contributed by atoms with Crippen LogP contribution in [0.3, 0.4) is 0 Å². The van der Waals surface area contributed by atoms with Crippen LogP contribution in [0.4, 0.5) is 0 Å². The molecule has 0 spiro atoms. The molecule has 1 aliphatic carbocycles. The molecule has 5 rings (SSSR count). The summed E-state index contributed by atoms with van der Waals surface area (Å²) in [5.41, 5.74) is 8.36. The van der Waals surface area contributed by atoms with Crippen molar-refractivity contribution in [3.8, 4) is 0 Å². The Labute approximate surface area is 209 Å². The molecule has 0 bridgehead atoms. The van der Waals surface area contributed by atoms with Crippen molar-refractivity contribution in [1.82, 2.24) is 4.98 Å². The Kier molecular flexibility index (Phi) is 6.41. The van der Waals surface area contributed by atoms with Gasteiger partial charge in [-0.15, -0.1) is 0 Å². The molecule has 35 heavy (non-hydrogen) atoms. The van der Waals surface area contributed by atoms with E-state index in [1.54, 1.807) is 0 Å². The molecule has 0 saturated carbocycles. The summed E-state index contributed by atoms with van der Waals surface area (Å²) in [4.78, 5) is 5.19. The third kappa shape index (κ3) is 4.48. The number of fused-ring (bicyclic) bond motifs is 1. The van der Waals surface area contributed by atoms with E-state index in [0.717, 1.165) is 66.1 Å². The highest BCUT2D eigenvalue weighted by molar-refractivity contribution is 5.74. The topological polar surface area (TPSA) is 74.5 Å². The standard InChI is InChI=1S/C30H39NO4/c1-18(2)27-26(28(33)20-6-8-21(9-7-20)30(5)16-35-17-30)24(19-10-12-34-13-11-19)25-22(31-27)14-29(3,4)15-23(25)32/h6-10,18,23,28,32-33H,11-17H2,1-5H3/p+1. The van der Waals surface area contributed by atoms with Gasteiger partial charge in [-0.05, 0) is 46.4 Å². The summed E-state index contributed by atoms with van der Waals surface area (Å²) >= 11 is 0. The molecule has 1 aromatic heterocycles. The Morgan fingerprint density at radius 1 is 1.09 bits per heavy atom. The van der Waals surface area contributed by atoms with Gasteiger partial charge in [-0.1, -0.05) is 65.0 Å². The van der Waals surface area contributed by atoms with Gasteiger partial charge in [-0.2, -0.15) is 0 Å². The Bertz CT molecular complexity index is 1130. The van der Waals surface area contributed by atoms with E-state index < -0.39 is 6.10 Å². The van der Waals surface area contributed by atoms with Crippen LogP contribution in [-0.4, -0.2) is 41.6 Å². The van der Waals surface area contributed by atoms with Gasteiger partial charge in [0.05, 0.1) is 37.7 Å². The molecule has 2 unspecified atom stereocenters. The van der Waals surface area contributed by atoms with Gasteiger partial charge in [0.1, 0.15) is 6.10 Å². The highest BCUT2D eigenvalue weighted by Crippen LogP contribution is 2.48. The van der Waals surface area contributed by atoms with Crippen molar-refractivity contribution in [2.45, 2.75) is 77.4 Å². The molecular weight excluding hydrogens is 438 g/mol. The molecule has 3 heterocycles. The second-order valence-corrected chi connectivity index (χ2v) is 12.0. The first-order valence-corrected chi connectivity index (χ1v) is 13.0. The summed E-state index contributed by atoms with van der Waals surface area (Å²) in [6.45, 7) is 13.7. The summed E-state index contributed by atoms with van der Waals surface area (Å²) in [7, 11) is 0. The highest BCUT2D eigenvalue weighted by Gasteiger charge is 2.40. The predicted octanol–water partition coefficient (Wildman–Crippen LogP) is 5.12. The summed E-state index contributed by atoms with van der Waals surface area (Å²) in [6.07, 6.45) is 3.44. The smallest absolute Gasteiger partial charge is 0.182 e. The van der Waals surface area contributed by atoms with Gasteiger partial charge in [-0.3, -0.25) is 4.98 Å². The lowest BCUT2D eigenvalue weighted by molar-refractivity contribution is -0.0500. The maximum absolute atomic E-state index is 11.9. The quantitative estimate of drug-likeness (QED) is 0.606. The van der Waals surface area contributed by atoms with Gasteiger partial charge in [0, 0.05) is 23.1 Å². The zero-order valence-electron chi connectivity index (χ0n) is 21.8. The minimum atomic E-state index is -0.800. The van der Waals surface area contributed by atoms with Crippen LogP contribution < -0.4 is 0 Å². The molecule has 188 valence electrons. The molecule has 1 fully saturated rings. The van der Waals surface area contributed by atoms with Gasteiger partial charge in [0.25, 0.3) is 0 Å². The Balaban J connectivity index is 1.68. The van der Waals surface area contributed by atoms with E-state index >= 15 is 0 Å². The van der Waals surface area contributed by atoms with E-state index in [9.17, 15) is 5.11 Å². The zero-order valence-corrected chi connectivity index (χ0v) is 21.8. The summed E-state index contributed by atoms with van der Waals surface area (Å²) in [5.74, 6) is 0.156. The summed E-state index contributed by atoms with van der Waals surface area (Å²) < 4.78 is 11.1. The zero-order chi connectivity index (χ0) is 25.0. The lowest BCUT2D eigenvalue weighted by Crippen LogP contribution is -2.43. The van der Waals surface area contributed by atoms with Crippen molar-refractivity contribution in [2.75, 3.05) is 26.4 Å². The second kappa shape index (κ2) is 9.11. The molecule has 5 heteroatoms. The number of rotatable bonds is 5. The molecule has 1 saturated heterocycles. The SMILES string of the molecule is CC(C)c1nc2c(c(C3=CCOCC3)c1C(O)c1ccc(C3(C)COC3)cc1)C([OH2+])CC(C)(C)C2. The number of nitrogens with zero attached hydrogens (tertiary/aromatic N) is 1. The van der Waals surface area contributed by atoms with Crippen molar-refractivity contribution in [1.29, 1.82) is 0 Å². The van der Waals surface area contributed by atoms with Gasteiger partial charge < -0.3 is 19.7 Å². The second-order valence-electron chi connectivity index (χ2n) is 12.0. The van der Waals surface area contributed by atoms with Crippen molar-refractivity contribution < 1.29 is 19.7 Å². The van der Waals surface area contributed by atoms with Crippen LogP contribution in [0.5, 0.6) is 0 Å². The molecule has 2 atom stereocenters. The highest BCUT2D eigenvalue weighted by atomic mass is 16.5. The van der Waals surface area contributed by atoms with E-state index in [1.807, 2.05) is 0 Å². The fraction of sp³-hybridized carbons (Fsp3) is 0.567. The van der Waals surface area contributed by atoms with Gasteiger partial charge in [0.15, 0.2) is 6.10 Å². The lowest BCUT2D eigenvalue weighted by Gasteiger charge is -2.38. The minimum absolute atomic E-state index is 0.0410. The summed E-state index contributed by atoms with van der Waals surface area (Å²) in [5, 5.41) is 21.0. The van der Waals surface area contributed by atoms with Crippen molar-refractivity contribution in [3.63, 3.8) is 0 Å². The van der Waals surface area contributed by atoms with Crippen LogP contribution in [0.1, 0.15) is 105 Å². The minimum Gasteiger partial charge on any atom is -0.440 e. The first kappa shape index (κ1) is 24.6. The number of aliphatic hydroxyl groups is 1.